The lowest BCUT2D eigenvalue weighted by Crippen LogP contribution is -2.07. The molecule has 0 atom stereocenters. The van der Waals surface area contributed by atoms with E-state index in [2.05, 4.69) is 20.3 Å². The van der Waals surface area contributed by atoms with Crippen molar-refractivity contribution < 1.29 is 0 Å². The molecule has 3 aromatic rings. The number of hydrogen-bond acceptors (Lipinski definition) is 6. The molecule has 2 heterocycles. The van der Waals surface area contributed by atoms with Crippen LogP contribution in [0.4, 0.5) is 11.8 Å². The Hall–Kier alpha value is -2.73. The second-order valence-corrected chi connectivity index (χ2v) is 5.59. The van der Waals surface area contributed by atoms with E-state index >= 15 is 0 Å². The van der Waals surface area contributed by atoms with Crippen molar-refractivity contribution in [1.82, 2.24) is 15.0 Å². The molecule has 0 fully saturated rings. The van der Waals surface area contributed by atoms with Gasteiger partial charge in [0.25, 0.3) is 0 Å². The molecule has 5 N–H and O–H groups in total. The van der Waals surface area contributed by atoms with Crippen molar-refractivity contribution in [2.45, 2.75) is 26.9 Å². The van der Waals surface area contributed by atoms with Crippen LogP contribution in [0.15, 0.2) is 30.3 Å². The van der Waals surface area contributed by atoms with E-state index in [-0.39, 0.29) is 0 Å². The van der Waals surface area contributed by atoms with Crippen LogP contribution in [0, 0.1) is 13.8 Å². The first-order valence-corrected chi connectivity index (χ1v) is 7.50. The second kappa shape index (κ2) is 6.18. The van der Waals surface area contributed by atoms with Gasteiger partial charge in [-0.15, -0.1) is 0 Å². The van der Waals surface area contributed by atoms with Gasteiger partial charge >= 0.3 is 0 Å². The Morgan fingerprint density at radius 3 is 2.39 bits per heavy atom. The number of fused-ring (bicyclic) bond motifs is 1. The van der Waals surface area contributed by atoms with Crippen LogP contribution in [0.2, 0.25) is 0 Å². The normalized spacial score (nSPS) is 10.9. The van der Waals surface area contributed by atoms with E-state index in [0.29, 0.717) is 30.5 Å². The highest BCUT2D eigenvalue weighted by molar-refractivity contribution is 5.89. The summed E-state index contributed by atoms with van der Waals surface area (Å²) < 4.78 is 0. The average molecular weight is 308 g/mol. The summed E-state index contributed by atoms with van der Waals surface area (Å²) in [7, 11) is 0. The van der Waals surface area contributed by atoms with Gasteiger partial charge in [-0.2, -0.15) is 9.97 Å². The van der Waals surface area contributed by atoms with Crippen LogP contribution in [0.25, 0.3) is 11.0 Å². The number of pyridine rings is 1. The minimum atomic E-state index is 0.445. The average Bonchev–Trinajstić information content (AvgIpc) is 2.52. The minimum absolute atomic E-state index is 0.445. The van der Waals surface area contributed by atoms with Crippen LogP contribution in [0.3, 0.4) is 0 Å². The van der Waals surface area contributed by atoms with E-state index in [1.54, 1.807) is 0 Å². The largest absolute Gasteiger partial charge is 0.383 e. The Balaban J connectivity index is 1.85. The number of nitrogens with two attached hydrogens (primary N) is 2. The topological polar surface area (TPSA) is 103 Å². The monoisotopic (exact) mass is 308 g/mol. The van der Waals surface area contributed by atoms with Crippen molar-refractivity contribution in [3.63, 3.8) is 0 Å². The molecule has 0 aliphatic rings. The van der Waals surface area contributed by atoms with E-state index in [0.717, 1.165) is 27.8 Å². The molecule has 6 heteroatoms. The van der Waals surface area contributed by atoms with E-state index < -0.39 is 0 Å². The van der Waals surface area contributed by atoms with E-state index in [1.165, 1.54) is 0 Å². The molecule has 0 radical (unpaired) electrons. The molecule has 0 bridgehead atoms. The zero-order chi connectivity index (χ0) is 16.4. The predicted molar refractivity (Wildman–Crippen MR) is 92.9 cm³/mol. The predicted octanol–water partition coefficient (Wildman–Crippen LogP) is 2.29. The highest BCUT2D eigenvalue weighted by Gasteiger charge is 2.09. The van der Waals surface area contributed by atoms with Crippen molar-refractivity contribution >= 4 is 22.8 Å². The van der Waals surface area contributed by atoms with Crippen molar-refractivity contribution in [1.29, 1.82) is 0 Å². The first kappa shape index (κ1) is 15.2. The lowest BCUT2D eigenvalue weighted by atomic mass is 10.1. The second-order valence-electron chi connectivity index (χ2n) is 5.59. The van der Waals surface area contributed by atoms with Gasteiger partial charge in [0.05, 0.1) is 5.39 Å². The number of aryl methyl sites for hydroxylation is 2. The summed E-state index contributed by atoms with van der Waals surface area (Å²) in [5.41, 5.74) is 16.5. The van der Waals surface area contributed by atoms with Gasteiger partial charge < -0.3 is 16.8 Å². The fraction of sp³-hybridized carbons (Fsp3) is 0.235. The first-order valence-electron chi connectivity index (χ1n) is 7.50. The molecular weight excluding hydrogens is 288 g/mol. The van der Waals surface area contributed by atoms with Crippen LogP contribution in [-0.4, -0.2) is 15.0 Å². The maximum Gasteiger partial charge on any atom is 0.226 e. The van der Waals surface area contributed by atoms with Gasteiger partial charge in [-0.05, 0) is 36.6 Å². The summed E-state index contributed by atoms with van der Waals surface area (Å²) >= 11 is 0. The van der Waals surface area contributed by atoms with Gasteiger partial charge in [-0.3, -0.25) is 0 Å². The number of rotatable bonds is 4. The summed E-state index contributed by atoms with van der Waals surface area (Å²) in [4.78, 5) is 13.3. The number of nitrogens with one attached hydrogen (secondary N) is 1. The number of aromatic nitrogens is 3. The Bertz CT molecular complexity index is 842. The van der Waals surface area contributed by atoms with E-state index in [1.807, 2.05) is 44.2 Å². The molecular formula is C17H20N6. The van der Waals surface area contributed by atoms with E-state index in [4.69, 9.17) is 11.5 Å². The van der Waals surface area contributed by atoms with Crippen LogP contribution >= 0.6 is 0 Å². The Kier molecular flexibility index (Phi) is 4.08. The van der Waals surface area contributed by atoms with Gasteiger partial charge in [-0.1, -0.05) is 24.3 Å². The van der Waals surface area contributed by atoms with Gasteiger partial charge in [-0.25, -0.2) is 4.98 Å². The van der Waals surface area contributed by atoms with Crippen molar-refractivity contribution in [3.8, 4) is 0 Å². The molecule has 6 nitrogen and oxygen atoms in total. The van der Waals surface area contributed by atoms with Gasteiger partial charge in [0.1, 0.15) is 5.82 Å². The Labute approximate surface area is 135 Å². The molecule has 1 aromatic carbocycles. The summed E-state index contributed by atoms with van der Waals surface area (Å²) in [6.07, 6.45) is 0. The Morgan fingerprint density at radius 1 is 1.00 bits per heavy atom. The van der Waals surface area contributed by atoms with Gasteiger partial charge in [0, 0.05) is 18.8 Å². The van der Waals surface area contributed by atoms with E-state index in [9.17, 15) is 0 Å². The smallest absolute Gasteiger partial charge is 0.226 e. The van der Waals surface area contributed by atoms with Crippen LogP contribution in [-0.2, 0) is 13.1 Å². The van der Waals surface area contributed by atoms with Crippen molar-refractivity contribution in [2.75, 3.05) is 11.1 Å². The van der Waals surface area contributed by atoms with Crippen LogP contribution < -0.4 is 16.8 Å². The zero-order valence-electron chi connectivity index (χ0n) is 13.3. The molecule has 0 unspecified atom stereocenters. The number of anilines is 2. The SMILES string of the molecule is Cc1cc(C)c2c(N)nc(NCc3ccc(CN)cc3)nc2n1. The molecule has 0 amide bonds. The van der Waals surface area contributed by atoms with Crippen LogP contribution in [0.1, 0.15) is 22.4 Å². The molecule has 0 aliphatic heterocycles. The Morgan fingerprint density at radius 2 is 1.70 bits per heavy atom. The lowest BCUT2D eigenvalue weighted by Gasteiger charge is -2.10. The minimum Gasteiger partial charge on any atom is -0.383 e. The molecule has 0 spiro atoms. The molecule has 3 rings (SSSR count). The van der Waals surface area contributed by atoms with Crippen LogP contribution in [0.5, 0.6) is 0 Å². The van der Waals surface area contributed by atoms with Gasteiger partial charge in [0.15, 0.2) is 5.65 Å². The molecule has 118 valence electrons. The molecule has 0 saturated heterocycles. The third kappa shape index (κ3) is 3.22. The maximum absolute atomic E-state index is 6.07. The van der Waals surface area contributed by atoms with Gasteiger partial charge in [0.2, 0.25) is 5.95 Å². The molecule has 0 saturated carbocycles. The number of hydrogen-bond donors (Lipinski definition) is 3. The number of nitrogens with zero attached hydrogens (tertiary/aromatic N) is 3. The lowest BCUT2D eigenvalue weighted by molar-refractivity contribution is 1.04. The highest BCUT2D eigenvalue weighted by atomic mass is 15.1. The summed E-state index contributed by atoms with van der Waals surface area (Å²) in [6, 6.07) is 10.1. The number of benzene rings is 1. The van der Waals surface area contributed by atoms with Crippen molar-refractivity contribution in [2.24, 2.45) is 5.73 Å². The summed E-state index contributed by atoms with van der Waals surface area (Å²) in [6.45, 7) is 5.09. The van der Waals surface area contributed by atoms with Crippen molar-refractivity contribution in [3.05, 3.63) is 52.7 Å². The number of nitrogen functional groups attached to an aromatic ring is 1. The maximum atomic E-state index is 6.07. The fourth-order valence-corrected chi connectivity index (χ4v) is 2.56. The molecule has 23 heavy (non-hydrogen) atoms. The quantitative estimate of drug-likeness (QED) is 0.683. The summed E-state index contributed by atoms with van der Waals surface area (Å²) in [5, 5.41) is 4.01. The third-order valence-electron chi connectivity index (χ3n) is 3.73. The summed E-state index contributed by atoms with van der Waals surface area (Å²) in [5.74, 6) is 0.927. The first-order chi connectivity index (χ1) is 11.1. The fourth-order valence-electron chi connectivity index (χ4n) is 2.56. The zero-order valence-corrected chi connectivity index (χ0v) is 13.3. The highest BCUT2D eigenvalue weighted by Crippen LogP contribution is 2.22. The molecule has 0 aliphatic carbocycles. The molecule has 2 aromatic heterocycles. The third-order valence-corrected chi connectivity index (χ3v) is 3.73. The standard InChI is InChI=1S/C17H20N6/c1-10-7-11(2)21-16-14(10)15(19)22-17(23-16)20-9-13-5-3-12(8-18)4-6-13/h3-7H,8-9,18H2,1-2H3,(H3,19,20,21,22,23).